The zero-order valence-electron chi connectivity index (χ0n) is 10.6. The molecule has 1 aliphatic heterocycles. The van der Waals surface area contributed by atoms with Crippen molar-refractivity contribution < 1.29 is 0 Å². The van der Waals surface area contributed by atoms with Crippen LogP contribution in [0.3, 0.4) is 0 Å². The van der Waals surface area contributed by atoms with Gasteiger partial charge in [0.2, 0.25) is 0 Å². The van der Waals surface area contributed by atoms with Crippen LogP contribution in [0.25, 0.3) is 10.9 Å². The van der Waals surface area contributed by atoms with Crippen LogP contribution in [0.1, 0.15) is 18.7 Å². The minimum atomic E-state index is 0.343. The standard InChI is InChI=1S/C14H18N4/c1-10-16-13-5-3-2-4-12(13)14(17-10)18-8-6-11(15)7-9-18/h2-5,11H,6-9,15H2,1H3. The van der Waals surface area contributed by atoms with Crippen LogP contribution < -0.4 is 10.6 Å². The predicted octanol–water partition coefficient (Wildman–Crippen LogP) is 1.87. The molecule has 0 amide bonds. The van der Waals surface area contributed by atoms with Gasteiger partial charge < -0.3 is 10.6 Å². The number of hydrogen-bond acceptors (Lipinski definition) is 4. The van der Waals surface area contributed by atoms with Gasteiger partial charge in [-0.1, -0.05) is 12.1 Å². The summed E-state index contributed by atoms with van der Waals surface area (Å²) in [5.41, 5.74) is 6.98. The number of hydrogen-bond donors (Lipinski definition) is 1. The maximum absolute atomic E-state index is 5.96. The molecule has 0 unspecified atom stereocenters. The Morgan fingerprint density at radius 1 is 1.17 bits per heavy atom. The van der Waals surface area contributed by atoms with Gasteiger partial charge in [0.15, 0.2) is 0 Å². The van der Waals surface area contributed by atoms with E-state index < -0.39 is 0 Å². The first-order chi connectivity index (χ1) is 8.74. The third kappa shape index (κ3) is 2.04. The summed E-state index contributed by atoms with van der Waals surface area (Å²) in [7, 11) is 0. The Bertz CT molecular complexity index is 559. The van der Waals surface area contributed by atoms with E-state index in [1.165, 1.54) is 0 Å². The number of piperidine rings is 1. The van der Waals surface area contributed by atoms with Crippen LogP contribution in [0.5, 0.6) is 0 Å². The van der Waals surface area contributed by atoms with E-state index in [0.29, 0.717) is 6.04 Å². The topological polar surface area (TPSA) is 55.0 Å². The highest BCUT2D eigenvalue weighted by Crippen LogP contribution is 2.25. The summed E-state index contributed by atoms with van der Waals surface area (Å²) in [5.74, 6) is 1.89. The summed E-state index contributed by atoms with van der Waals surface area (Å²) in [6, 6.07) is 8.54. The average Bonchev–Trinajstić information content (AvgIpc) is 2.38. The van der Waals surface area contributed by atoms with E-state index in [1.807, 2.05) is 25.1 Å². The predicted molar refractivity (Wildman–Crippen MR) is 73.7 cm³/mol. The molecular formula is C14H18N4. The SMILES string of the molecule is Cc1nc(N2CCC(N)CC2)c2ccccc2n1. The van der Waals surface area contributed by atoms with Gasteiger partial charge in [-0.05, 0) is 31.9 Å². The zero-order valence-corrected chi connectivity index (χ0v) is 10.6. The van der Waals surface area contributed by atoms with E-state index in [0.717, 1.165) is 48.5 Å². The summed E-state index contributed by atoms with van der Waals surface area (Å²) >= 11 is 0. The molecule has 1 saturated heterocycles. The van der Waals surface area contributed by atoms with Crippen molar-refractivity contribution in [3.05, 3.63) is 30.1 Å². The lowest BCUT2D eigenvalue weighted by molar-refractivity contribution is 0.499. The Hall–Kier alpha value is -1.68. The lowest BCUT2D eigenvalue weighted by Crippen LogP contribution is -2.40. The van der Waals surface area contributed by atoms with E-state index in [4.69, 9.17) is 5.73 Å². The molecule has 2 aromatic rings. The normalized spacial score (nSPS) is 17.3. The van der Waals surface area contributed by atoms with E-state index in [2.05, 4.69) is 20.9 Å². The molecule has 4 nitrogen and oxygen atoms in total. The lowest BCUT2D eigenvalue weighted by Gasteiger charge is -2.31. The number of benzene rings is 1. The van der Waals surface area contributed by atoms with Crippen molar-refractivity contribution >= 4 is 16.7 Å². The Morgan fingerprint density at radius 2 is 1.89 bits per heavy atom. The molecule has 3 rings (SSSR count). The maximum Gasteiger partial charge on any atom is 0.140 e. The summed E-state index contributed by atoms with van der Waals surface area (Å²) < 4.78 is 0. The van der Waals surface area contributed by atoms with Crippen molar-refractivity contribution in [1.29, 1.82) is 0 Å². The molecule has 1 fully saturated rings. The van der Waals surface area contributed by atoms with Crippen molar-refractivity contribution in [3.63, 3.8) is 0 Å². The fourth-order valence-corrected chi connectivity index (χ4v) is 2.53. The molecule has 1 aromatic carbocycles. The maximum atomic E-state index is 5.96. The van der Waals surface area contributed by atoms with Gasteiger partial charge in [0.25, 0.3) is 0 Å². The quantitative estimate of drug-likeness (QED) is 0.829. The first kappa shape index (κ1) is 11.4. The molecule has 0 bridgehead atoms. The van der Waals surface area contributed by atoms with E-state index in [1.54, 1.807) is 0 Å². The molecule has 0 aliphatic carbocycles. The second-order valence-corrected chi connectivity index (χ2v) is 4.94. The highest BCUT2D eigenvalue weighted by molar-refractivity contribution is 5.89. The number of rotatable bonds is 1. The number of aryl methyl sites for hydroxylation is 1. The van der Waals surface area contributed by atoms with Gasteiger partial charge in [-0.25, -0.2) is 9.97 Å². The van der Waals surface area contributed by atoms with Gasteiger partial charge in [-0.2, -0.15) is 0 Å². The number of nitrogens with two attached hydrogens (primary N) is 1. The molecule has 2 N–H and O–H groups in total. The monoisotopic (exact) mass is 242 g/mol. The van der Waals surface area contributed by atoms with Gasteiger partial charge >= 0.3 is 0 Å². The Balaban J connectivity index is 2.05. The van der Waals surface area contributed by atoms with Gasteiger partial charge in [0, 0.05) is 24.5 Å². The molecule has 18 heavy (non-hydrogen) atoms. The summed E-state index contributed by atoms with van der Waals surface area (Å²) in [6.45, 7) is 3.93. The molecule has 2 heterocycles. The molecule has 1 aromatic heterocycles. The first-order valence-corrected chi connectivity index (χ1v) is 6.48. The fourth-order valence-electron chi connectivity index (χ4n) is 2.53. The summed E-state index contributed by atoms with van der Waals surface area (Å²) in [5, 5.41) is 1.14. The summed E-state index contributed by atoms with van der Waals surface area (Å²) in [4.78, 5) is 11.4. The third-order valence-electron chi connectivity index (χ3n) is 3.53. The molecule has 0 radical (unpaired) electrons. The van der Waals surface area contributed by atoms with E-state index in [9.17, 15) is 0 Å². The van der Waals surface area contributed by atoms with Crippen LogP contribution in [-0.2, 0) is 0 Å². The zero-order chi connectivity index (χ0) is 12.5. The smallest absolute Gasteiger partial charge is 0.140 e. The molecule has 0 spiro atoms. The Kier molecular flexibility index (Phi) is 2.88. The molecule has 94 valence electrons. The summed E-state index contributed by atoms with van der Waals surface area (Å²) in [6.07, 6.45) is 2.08. The number of aromatic nitrogens is 2. The average molecular weight is 242 g/mol. The van der Waals surface area contributed by atoms with Crippen molar-refractivity contribution in [1.82, 2.24) is 9.97 Å². The van der Waals surface area contributed by atoms with Gasteiger partial charge in [0.05, 0.1) is 5.52 Å². The highest BCUT2D eigenvalue weighted by Gasteiger charge is 2.19. The lowest BCUT2D eigenvalue weighted by atomic mass is 10.1. The Morgan fingerprint density at radius 3 is 2.67 bits per heavy atom. The van der Waals surface area contributed by atoms with Crippen LogP contribution in [-0.4, -0.2) is 29.1 Å². The number of nitrogens with zero attached hydrogens (tertiary/aromatic N) is 3. The van der Waals surface area contributed by atoms with Crippen LogP contribution in [0.4, 0.5) is 5.82 Å². The third-order valence-corrected chi connectivity index (χ3v) is 3.53. The molecular weight excluding hydrogens is 224 g/mol. The van der Waals surface area contributed by atoms with Gasteiger partial charge in [-0.3, -0.25) is 0 Å². The highest BCUT2D eigenvalue weighted by atomic mass is 15.2. The second-order valence-electron chi connectivity index (χ2n) is 4.94. The van der Waals surface area contributed by atoms with Gasteiger partial charge in [0.1, 0.15) is 11.6 Å². The van der Waals surface area contributed by atoms with Crippen molar-refractivity contribution in [2.75, 3.05) is 18.0 Å². The van der Waals surface area contributed by atoms with E-state index >= 15 is 0 Å². The van der Waals surface area contributed by atoms with Crippen LogP contribution >= 0.6 is 0 Å². The van der Waals surface area contributed by atoms with Crippen LogP contribution in [0.15, 0.2) is 24.3 Å². The van der Waals surface area contributed by atoms with Crippen molar-refractivity contribution in [2.45, 2.75) is 25.8 Å². The van der Waals surface area contributed by atoms with Crippen molar-refractivity contribution in [3.8, 4) is 0 Å². The van der Waals surface area contributed by atoms with Gasteiger partial charge in [-0.15, -0.1) is 0 Å². The fraction of sp³-hybridized carbons (Fsp3) is 0.429. The number of anilines is 1. The molecule has 0 atom stereocenters. The first-order valence-electron chi connectivity index (χ1n) is 6.48. The minimum absolute atomic E-state index is 0.343. The molecule has 0 saturated carbocycles. The largest absolute Gasteiger partial charge is 0.356 e. The minimum Gasteiger partial charge on any atom is -0.356 e. The van der Waals surface area contributed by atoms with Crippen LogP contribution in [0.2, 0.25) is 0 Å². The number of fused-ring (bicyclic) bond motifs is 1. The van der Waals surface area contributed by atoms with Crippen molar-refractivity contribution in [2.24, 2.45) is 5.73 Å². The Labute approximate surface area is 107 Å². The molecule has 4 heteroatoms. The molecule has 1 aliphatic rings. The second kappa shape index (κ2) is 4.53. The van der Waals surface area contributed by atoms with Crippen LogP contribution in [0, 0.1) is 6.92 Å². The van der Waals surface area contributed by atoms with E-state index in [-0.39, 0.29) is 0 Å². The number of para-hydroxylation sites is 1.